The van der Waals surface area contributed by atoms with Crippen molar-refractivity contribution in [1.82, 2.24) is 14.3 Å². The Labute approximate surface area is 169 Å². The molecule has 2 aromatic heterocycles. The number of aryl methyl sites for hydroxylation is 1. The van der Waals surface area contributed by atoms with E-state index in [2.05, 4.69) is 27.0 Å². The molecule has 0 saturated carbocycles. The van der Waals surface area contributed by atoms with Gasteiger partial charge in [0.25, 0.3) is 5.91 Å². The van der Waals surface area contributed by atoms with Gasteiger partial charge in [0.05, 0.1) is 11.4 Å². The fourth-order valence-corrected chi connectivity index (χ4v) is 3.81. The maximum absolute atomic E-state index is 12.9. The second kappa shape index (κ2) is 7.81. The van der Waals surface area contributed by atoms with E-state index in [0.29, 0.717) is 10.7 Å². The number of rotatable bonds is 4. The molecular formula is C21H24ClN5O. The third kappa shape index (κ3) is 3.70. The predicted octanol–water partition coefficient (Wildman–Crippen LogP) is 3.69. The first-order valence-electron chi connectivity index (χ1n) is 9.58. The summed E-state index contributed by atoms with van der Waals surface area (Å²) in [6, 6.07) is 11.5. The molecule has 28 heavy (non-hydrogen) atoms. The first-order valence-corrected chi connectivity index (χ1v) is 9.96. The van der Waals surface area contributed by atoms with E-state index in [-0.39, 0.29) is 5.91 Å². The quantitative estimate of drug-likeness (QED) is 0.729. The Bertz CT molecular complexity index is 1010. The average Bonchev–Trinajstić information content (AvgIpc) is 3.14. The highest BCUT2D eigenvalue weighted by molar-refractivity contribution is 6.31. The molecule has 1 aromatic carbocycles. The Kier molecular flexibility index (Phi) is 5.24. The van der Waals surface area contributed by atoms with Crippen LogP contribution in [0.1, 0.15) is 23.1 Å². The minimum Gasteiger partial charge on any atom is -0.367 e. The van der Waals surface area contributed by atoms with Crippen LogP contribution < -0.4 is 10.2 Å². The van der Waals surface area contributed by atoms with Gasteiger partial charge in [-0.2, -0.15) is 0 Å². The van der Waals surface area contributed by atoms with E-state index in [1.165, 1.54) is 0 Å². The monoisotopic (exact) mass is 397 g/mol. The molecule has 6 nitrogen and oxygen atoms in total. The number of nitrogens with one attached hydrogen (secondary N) is 1. The van der Waals surface area contributed by atoms with Crippen LogP contribution in [0.15, 0.2) is 42.6 Å². The number of benzene rings is 1. The van der Waals surface area contributed by atoms with Crippen LogP contribution in [0, 0.1) is 6.92 Å². The highest BCUT2D eigenvalue weighted by Crippen LogP contribution is 2.30. The van der Waals surface area contributed by atoms with Crippen LogP contribution in [-0.4, -0.2) is 52.9 Å². The molecule has 0 bridgehead atoms. The zero-order chi connectivity index (χ0) is 19.7. The molecule has 1 fully saturated rings. The fourth-order valence-electron chi connectivity index (χ4n) is 3.63. The van der Waals surface area contributed by atoms with Gasteiger partial charge in [-0.05, 0) is 43.8 Å². The summed E-state index contributed by atoms with van der Waals surface area (Å²) in [6.07, 6.45) is 1.77. The lowest BCUT2D eigenvalue weighted by Crippen LogP contribution is -2.46. The predicted molar refractivity (Wildman–Crippen MR) is 114 cm³/mol. The summed E-state index contributed by atoms with van der Waals surface area (Å²) >= 11 is 6.22. The molecule has 0 aliphatic carbocycles. The number of halogens is 1. The van der Waals surface area contributed by atoms with Crippen molar-refractivity contribution < 1.29 is 4.79 Å². The lowest BCUT2D eigenvalue weighted by molar-refractivity contribution is 0.102. The molecule has 1 amide bonds. The standard InChI is InChI=1S/C21H24ClN5O/c1-3-25-9-11-26(12-10-25)19-8-7-16(22)13-17(19)24-21(28)18-14-27-15(2)5-4-6-20(27)23-18/h4-8,13-14H,3,9-12H2,1-2H3,(H,24,28). The van der Waals surface area contributed by atoms with Crippen LogP contribution in [0.4, 0.5) is 11.4 Å². The molecule has 0 unspecified atom stereocenters. The van der Waals surface area contributed by atoms with E-state index < -0.39 is 0 Å². The molecule has 146 valence electrons. The topological polar surface area (TPSA) is 52.9 Å². The molecule has 3 aromatic rings. The number of fused-ring (bicyclic) bond motifs is 1. The first-order chi connectivity index (χ1) is 13.5. The summed E-state index contributed by atoms with van der Waals surface area (Å²) in [5, 5.41) is 3.61. The van der Waals surface area contributed by atoms with Gasteiger partial charge in [-0.1, -0.05) is 24.6 Å². The van der Waals surface area contributed by atoms with Gasteiger partial charge in [-0.25, -0.2) is 4.98 Å². The number of carbonyl (C=O) groups excluding carboxylic acids is 1. The normalized spacial score (nSPS) is 15.2. The highest BCUT2D eigenvalue weighted by Gasteiger charge is 2.20. The molecule has 4 rings (SSSR count). The van der Waals surface area contributed by atoms with E-state index >= 15 is 0 Å². The first kappa shape index (κ1) is 18.8. The second-order valence-corrected chi connectivity index (χ2v) is 7.49. The Morgan fingerprint density at radius 3 is 2.68 bits per heavy atom. The van der Waals surface area contributed by atoms with Crippen molar-refractivity contribution in [3.8, 4) is 0 Å². The second-order valence-electron chi connectivity index (χ2n) is 7.06. The molecule has 1 aliphatic heterocycles. The number of aromatic nitrogens is 2. The lowest BCUT2D eigenvalue weighted by Gasteiger charge is -2.36. The molecule has 7 heteroatoms. The van der Waals surface area contributed by atoms with Gasteiger partial charge in [0.15, 0.2) is 0 Å². The van der Waals surface area contributed by atoms with Gasteiger partial charge in [-0.15, -0.1) is 0 Å². The number of imidazole rings is 1. The van der Waals surface area contributed by atoms with Gasteiger partial charge in [0.1, 0.15) is 11.3 Å². The summed E-state index contributed by atoms with van der Waals surface area (Å²) in [4.78, 5) is 22.1. The number of hydrogen-bond donors (Lipinski definition) is 1. The van der Waals surface area contributed by atoms with Crippen molar-refractivity contribution in [3.63, 3.8) is 0 Å². The van der Waals surface area contributed by atoms with Crippen molar-refractivity contribution >= 4 is 34.5 Å². The smallest absolute Gasteiger partial charge is 0.275 e. The minimum atomic E-state index is -0.237. The van der Waals surface area contributed by atoms with Crippen molar-refractivity contribution in [2.45, 2.75) is 13.8 Å². The largest absolute Gasteiger partial charge is 0.367 e. The highest BCUT2D eigenvalue weighted by atomic mass is 35.5. The summed E-state index contributed by atoms with van der Waals surface area (Å²) in [5.74, 6) is -0.237. The molecule has 0 radical (unpaired) electrons. The SMILES string of the molecule is CCN1CCN(c2ccc(Cl)cc2NC(=O)c2cn3c(C)cccc3n2)CC1. The zero-order valence-corrected chi connectivity index (χ0v) is 16.9. The van der Waals surface area contributed by atoms with Gasteiger partial charge in [0.2, 0.25) is 0 Å². The molecule has 0 atom stereocenters. The van der Waals surface area contributed by atoms with E-state index in [0.717, 1.165) is 55.4 Å². The van der Waals surface area contributed by atoms with Crippen molar-refractivity contribution in [3.05, 3.63) is 59.0 Å². The Balaban J connectivity index is 1.59. The molecular weight excluding hydrogens is 374 g/mol. The number of pyridine rings is 1. The van der Waals surface area contributed by atoms with Crippen LogP contribution in [0.2, 0.25) is 5.02 Å². The van der Waals surface area contributed by atoms with Crippen LogP contribution in [-0.2, 0) is 0 Å². The Hall–Kier alpha value is -2.57. The van der Waals surface area contributed by atoms with E-state index in [1.807, 2.05) is 47.7 Å². The van der Waals surface area contributed by atoms with Crippen LogP contribution >= 0.6 is 11.6 Å². The number of hydrogen-bond acceptors (Lipinski definition) is 4. The van der Waals surface area contributed by atoms with E-state index in [4.69, 9.17) is 11.6 Å². The Morgan fingerprint density at radius 1 is 1.18 bits per heavy atom. The van der Waals surface area contributed by atoms with Crippen molar-refractivity contribution in [1.29, 1.82) is 0 Å². The fraction of sp³-hybridized carbons (Fsp3) is 0.333. The van der Waals surface area contributed by atoms with E-state index in [9.17, 15) is 4.79 Å². The maximum Gasteiger partial charge on any atom is 0.275 e. The van der Waals surface area contributed by atoms with Crippen LogP contribution in [0.25, 0.3) is 5.65 Å². The Morgan fingerprint density at radius 2 is 1.96 bits per heavy atom. The van der Waals surface area contributed by atoms with Crippen molar-refractivity contribution in [2.24, 2.45) is 0 Å². The summed E-state index contributed by atoms with van der Waals surface area (Å²) < 4.78 is 1.91. The molecule has 1 N–H and O–H groups in total. The number of carbonyl (C=O) groups is 1. The van der Waals surface area contributed by atoms with Gasteiger partial charge in [0, 0.05) is 43.1 Å². The average molecular weight is 398 g/mol. The maximum atomic E-state index is 12.9. The number of likely N-dealkylation sites (N-methyl/N-ethyl adjacent to an activating group) is 1. The molecule has 0 spiro atoms. The van der Waals surface area contributed by atoms with Crippen LogP contribution in [0.5, 0.6) is 0 Å². The van der Waals surface area contributed by atoms with Crippen LogP contribution in [0.3, 0.4) is 0 Å². The lowest BCUT2D eigenvalue weighted by atomic mass is 10.2. The minimum absolute atomic E-state index is 0.237. The van der Waals surface area contributed by atoms with Crippen molar-refractivity contribution in [2.75, 3.05) is 42.9 Å². The molecule has 3 heterocycles. The number of amides is 1. The zero-order valence-electron chi connectivity index (χ0n) is 16.2. The van der Waals surface area contributed by atoms with Gasteiger partial charge >= 0.3 is 0 Å². The summed E-state index contributed by atoms with van der Waals surface area (Å²) in [6.45, 7) is 9.10. The summed E-state index contributed by atoms with van der Waals surface area (Å²) in [5.41, 5.74) is 3.88. The third-order valence-electron chi connectivity index (χ3n) is 5.30. The molecule has 1 saturated heterocycles. The van der Waals surface area contributed by atoms with Gasteiger partial charge in [-0.3, -0.25) is 4.79 Å². The van der Waals surface area contributed by atoms with E-state index in [1.54, 1.807) is 6.20 Å². The van der Waals surface area contributed by atoms with Gasteiger partial charge < -0.3 is 19.5 Å². The molecule has 1 aliphatic rings. The number of piperazine rings is 1. The summed E-state index contributed by atoms with van der Waals surface area (Å²) in [7, 11) is 0. The number of anilines is 2. The number of nitrogens with zero attached hydrogens (tertiary/aromatic N) is 4. The third-order valence-corrected chi connectivity index (χ3v) is 5.53.